The van der Waals surface area contributed by atoms with Gasteiger partial charge in [0.2, 0.25) is 40.1 Å². The lowest BCUT2D eigenvalue weighted by molar-refractivity contribution is 0.415. The van der Waals surface area contributed by atoms with E-state index >= 15 is 0 Å². The molecule has 5 N–H and O–H groups in total. The first-order valence-corrected chi connectivity index (χ1v) is 55.5. The van der Waals surface area contributed by atoms with E-state index in [1.165, 1.54) is 0 Å². The summed E-state index contributed by atoms with van der Waals surface area (Å²) < 4.78 is 145. The Morgan fingerprint density at radius 1 is 0.352 bits per heavy atom. The number of methoxy groups -OCH3 is 5. The van der Waals surface area contributed by atoms with Gasteiger partial charge in [0, 0.05) is 141 Å². The molecule has 1 aliphatic rings. The maximum atomic E-state index is 12.2. The molecular formula is C112H122ClN15O13S4. The molecular weight excluding hydrogens is 1930 g/mol. The van der Waals surface area contributed by atoms with Crippen LogP contribution in [0.5, 0.6) is 28.7 Å². The number of fused-ring (bicyclic) bond motifs is 6. The molecule has 28 nitrogen and oxygen atoms in total. The first-order chi connectivity index (χ1) is 69.9. The summed E-state index contributed by atoms with van der Waals surface area (Å²) in [6.45, 7) is 19.6. The number of unbranched alkanes of at least 4 members (excludes halogenated alkanes) is 4. The normalized spacial score (nSPS) is 11.9. The Bertz CT molecular complexity index is 7880. The Kier molecular flexibility index (Phi) is 35.9. The smallest absolute Gasteiger partial charge is 0.235 e. The average molecular weight is 2050 g/mol. The number of ether oxygens (including phenoxy) is 5. The van der Waals surface area contributed by atoms with Crippen LogP contribution < -0.4 is 42.6 Å². The summed E-state index contributed by atoms with van der Waals surface area (Å²) in [4.78, 5) is 3.21. The Hall–Kier alpha value is -14.8. The summed E-state index contributed by atoms with van der Waals surface area (Å²) in [5.74, 6) is 4.13. The second-order valence-corrected chi connectivity index (χ2v) is 43.6. The molecule has 1 saturated carbocycles. The van der Waals surface area contributed by atoms with Gasteiger partial charge >= 0.3 is 0 Å². The van der Waals surface area contributed by atoms with Gasteiger partial charge in [0.05, 0.1) is 141 Å². The van der Waals surface area contributed by atoms with Crippen molar-refractivity contribution in [1.29, 1.82) is 26.3 Å². The number of rotatable bonds is 38. The summed E-state index contributed by atoms with van der Waals surface area (Å²) in [6.07, 6.45) is 12.3. The predicted molar refractivity (Wildman–Crippen MR) is 584 cm³/mol. The van der Waals surface area contributed by atoms with E-state index in [9.17, 15) is 60.0 Å². The number of hydrogen-bond donors (Lipinski definition) is 5. The Morgan fingerprint density at radius 3 is 0.917 bits per heavy atom. The molecule has 10 aromatic carbocycles. The quantitative estimate of drug-likeness (QED) is 0.0224. The zero-order valence-corrected chi connectivity index (χ0v) is 87.9. The zero-order chi connectivity index (χ0) is 104. The molecule has 0 aliphatic heterocycles. The Balaban J connectivity index is 0.000000152. The van der Waals surface area contributed by atoms with Gasteiger partial charge in [-0.25, -0.2) is 33.7 Å². The van der Waals surface area contributed by atoms with E-state index in [-0.39, 0.29) is 16.8 Å². The topological polar surface area (TPSA) is 390 Å². The van der Waals surface area contributed by atoms with E-state index in [0.717, 1.165) is 247 Å². The highest BCUT2D eigenvalue weighted by Crippen LogP contribution is 2.44. The third-order valence-electron chi connectivity index (χ3n) is 25.3. The fraction of sp³-hybridized carbons (Fsp3) is 0.312. The molecule has 0 saturated heterocycles. The summed E-state index contributed by atoms with van der Waals surface area (Å²) in [5, 5.41) is 54.4. The van der Waals surface area contributed by atoms with Crippen LogP contribution in [0.25, 0.3) is 122 Å². The van der Waals surface area contributed by atoms with Gasteiger partial charge in [-0.05, 0) is 222 Å². The van der Waals surface area contributed by atoms with Crippen LogP contribution in [-0.2, 0) is 72.8 Å². The highest BCUT2D eigenvalue weighted by atomic mass is 35.5. The van der Waals surface area contributed by atoms with Crippen LogP contribution in [0.3, 0.4) is 0 Å². The van der Waals surface area contributed by atoms with Gasteiger partial charge in [0.1, 0.15) is 59.1 Å². The minimum atomic E-state index is -3.44. The van der Waals surface area contributed by atoms with Crippen LogP contribution in [0.15, 0.2) is 219 Å². The van der Waals surface area contributed by atoms with Crippen molar-refractivity contribution in [1.82, 2.24) is 27.8 Å². The van der Waals surface area contributed by atoms with Crippen LogP contribution in [0.1, 0.15) is 160 Å². The van der Waals surface area contributed by atoms with Gasteiger partial charge in [-0.1, -0.05) is 115 Å². The van der Waals surface area contributed by atoms with E-state index in [2.05, 4.69) is 130 Å². The van der Waals surface area contributed by atoms with Crippen molar-refractivity contribution in [2.45, 2.75) is 176 Å². The summed E-state index contributed by atoms with van der Waals surface area (Å²) >= 11 is 5.60. The molecule has 0 atom stereocenters. The van der Waals surface area contributed by atoms with Crippen LogP contribution in [0.2, 0.25) is 0 Å². The lowest BCUT2D eigenvalue weighted by atomic mass is 10.0. The number of nitriles is 5. The molecule has 16 aromatic rings. The molecule has 33 heteroatoms. The minimum absolute atomic E-state index is 0.0239. The van der Waals surface area contributed by atoms with Gasteiger partial charge < -0.3 is 51.5 Å². The van der Waals surface area contributed by atoms with Crippen molar-refractivity contribution in [3.8, 4) is 115 Å². The predicted octanol–water partition coefficient (Wildman–Crippen LogP) is 25.2. The van der Waals surface area contributed by atoms with Gasteiger partial charge in [-0.2, -0.15) is 26.3 Å². The van der Waals surface area contributed by atoms with Crippen molar-refractivity contribution in [2.24, 2.45) is 0 Å². The second-order valence-electron chi connectivity index (χ2n) is 35.4. The second kappa shape index (κ2) is 48.5. The van der Waals surface area contributed by atoms with E-state index < -0.39 is 45.3 Å². The summed E-state index contributed by atoms with van der Waals surface area (Å²) in [7, 11) is -5.32. The van der Waals surface area contributed by atoms with Gasteiger partial charge in [0.25, 0.3) is 0 Å². The first kappa shape index (κ1) is 107. The van der Waals surface area contributed by atoms with Crippen molar-refractivity contribution < 1.29 is 57.4 Å². The van der Waals surface area contributed by atoms with Crippen molar-refractivity contribution in [3.05, 3.63) is 246 Å². The zero-order valence-electron chi connectivity index (χ0n) is 83.9. The Labute approximate surface area is 854 Å². The number of H-pyrrole nitrogens is 1. The highest BCUT2D eigenvalue weighted by Gasteiger charge is 2.36. The molecule has 1 aliphatic carbocycles. The molecule has 6 heterocycles. The maximum Gasteiger partial charge on any atom is 0.235 e. The molecule has 6 aromatic heterocycles. The summed E-state index contributed by atoms with van der Waals surface area (Å²) in [5.41, 5.74) is 20.0. The molecule has 1 fully saturated rings. The molecule has 754 valence electrons. The van der Waals surface area contributed by atoms with Crippen molar-refractivity contribution in [2.75, 3.05) is 71.8 Å². The van der Waals surface area contributed by atoms with E-state index in [1.807, 2.05) is 159 Å². The third kappa shape index (κ3) is 24.6. The van der Waals surface area contributed by atoms with Gasteiger partial charge in [-0.3, -0.25) is 18.9 Å². The van der Waals surface area contributed by atoms with Crippen molar-refractivity contribution in [3.63, 3.8) is 0 Å². The van der Waals surface area contributed by atoms with Crippen LogP contribution in [0.4, 0.5) is 22.7 Å². The average Bonchev–Trinajstić information content (AvgIpc) is 1.59. The number of aryl methyl sites for hydroxylation is 5. The number of hydrogen-bond acceptors (Lipinski definition) is 18. The Morgan fingerprint density at radius 2 is 0.641 bits per heavy atom. The third-order valence-corrected chi connectivity index (χ3v) is 32.1. The molecule has 145 heavy (non-hydrogen) atoms. The fourth-order valence-electron chi connectivity index (χ4n) is 17.7. The number of halogens is 1. The van der Waals surface area contributed by atoms with Crippen LogP contribution >= 0.6 is 11.6 Å². The van der Waals surface area contributed by atoms with E-state index in [0.29, 0.717) is 69.3 Å². The number of anilines is 4. The van der Waals surface area contributed by atoms with Crippen LogP contribution in [-0.4, -0.2) is 125 Å². The number of aromatic amines is 1. The van der Waals surface area contributed by atoms with E-state index in [1.54, 1.807) is 97.9 Å². The van der Waals surface area contributed by atoms with Gasteiger partial charge in [-0.15, -0.1) is 11.6 Å². The largest absolute Gasteiger partial charge is 0.497 e. The number of benzene rings is 10. The lowest BCUT2D eigenvalue weighted by Gasteiger charge is -2.13. The van der Waals surface area contributed by atoms with E-state index in [4.69, 9.17) is 35.3 Å². The minimum Gasteiger partial charge on any atom is -0.497 e. The maximum absolute atomic E-state index is 12.2. The summed E-state index contributed by atoms with van der Waals surface area (Å²) in [6, 6.07) is 77.8. The standard InChI is InChI=1S/C23H26ClN3O3S.C23H25N3O3S.2C23H27N3O3S.C20H17N3O/c1-3-4-13-27-22-15-19(30-2)10-11-20(22)21(16-25)23(27)17-6-8-18(9-7-17)26-31(28,29)14-5-12-24;1-3-4-13-26-22-14-18(29-2)9-12-20(22)21(15-24)23(26)16-5-7-17(8-6-16)25-30(27,28)19-10-11-19;1-5-6-13-26-22-14-19(29-4)11-12-20(22)21(15-24)23(26)17-7-9-18(10-8-17)25-30(27,28)16(2)3;1-4-6-13-26-22-15-19(29-3)11-12-20(22)21(16-24)23(26)17-7-9-18(10-8-17)25-30(27,28)14-5-2;1-3-23-19-11-15(24-2)5-6-16(19)17(12-21)20(23)14-4-7-18-13(10-14)8-9-22-18/h6-11,15,26H,3-5,12-14H2,1-2H3;5-9,12,14,19,25H,3-4,10-11,13H2,1-2H3;7-12,14,16,25H,5-6,13H2,1-4H3;7-12,15,25H,4-6,13-14H2,1-3H3;4-11,22H,3H2,1-2H3. The van der Waals surface area contributed by atoms with Crippen molar-refractivity contribution >= 4 is 140 Å². The lowest BCUT2D eigenvalue weighted by Crippen LogP contribution is -2.22. The number of nitrogens with one attached hydrogen (secondary N) is 5. The number of aromatic nitrogens is 6. The molecule has 0 bridgehead atoms. The molecule has 17 rings (SSSR count). The molecule has 0 spiro atoms. The SMILES string of the molecule is CCCCn1c(-c2ccc(NS(=O)(=O)C(C)C)cc2)c(C#N)c2ccc(OC)cc21.CCCCn1c(-c2ccc(NS(=O)(=O)C3CC3)cc2)c(C#N)c2ccc(OC)cc21.CCCCn1c(-c2ccc(NS(=O)(=O)CCC)cc2)c(C#N)c2ccc(OC)cc21.CCCCn1c(-c2ccc(NS(=O)(=O)CCCCl)cc2)c(C#N)c2ccc(OC)cc21.CCn1c(-c2ccc3[nH]ccc3c2)c(C#N)c2ccc(OC)cc21. The fourth-order valence-corrected chi connectivity index (χ4v) is 22.4. The number of nitrogens with zero attached hydrogens (tertiary/aromatic N) is 10. The molecule has 0 unspecified atom stereocenters. The first-order valence-electron chi connectivity index (χ1n) is 48.6. The van der Waals surface area contributed by atoms with Gasteiger partial charge in [0.15, 0.2) is 0 Å². The van der Waals surface area contributed by atoms with Crippen LogP contribution in [0, 0.1) is 56.7 Å². The molecule has 0 amide bonds. The number of sulfonamides is 4. The number of alkyl halides is 1. The monoisotopic (exact) mass is 2050 g/mol. The highest BCUT2D eigenvalue weighted by molar-refractivity contribution is 7.94. The molecule has 0 radical (unpaired) electrons.